The smallest absolute Gasteiger partial charge is 0.221 e. The zero-order chi connectivity index (χ0) is 17.2. The number of nitrogens with zero attached hydrogens (tertiary/aromatic N) is 5. The largest absolute Gasteiger partial charge is 0.439 e. The predicted octanol–water partition coefficient (Wildman–Crippen LogP) is 3.43. The Bertz CT molecular complexity index is 1050. The van der Waals surface area contributed by atoms with E-state index < -0.39 is 5.95 Å². The Balaban J connectivity index is 1.69. The molecule has 0 aliphatic heterocycles. The van der Waals surface area contributed by atoms with Crippen molar-refractivity contribution in [3.05, 3.63) is 60.9 Å². The monoisotopic (exact) mass is 336 g/mol. The maximum Gasteiger partial charge on any atom is 0.221 e. The molecule has 0 aliphatic carbocycles. The molecule has 124 valence electrons. The lowest BCUT2D eigenvalue weighted by Crippen LogP contribution is -1.98. The number of aryl methyl sites for hydroxylation is 1. The Hall–Kier alpha value is -3.55. The SMILES string of the molecule is Cn1ccc(Nc2ncnc3ccc(Oc4cccc(F)n4)cc23)n1. The molecule has 0 fully saturated rings. The molecule has 8 heteroatoms. The molecule has 25 heavy (non-hydrogen) atoms. The minimum absolute atomic E-state index is 0.176. The highest BCUT2D eigenvalue weighted by Crippen LogP contribution is 2.28. The molecular formula is C17H13FN6O. The van der Waals surface area contributed by atoms with Gasteiger partial charge in [0.1, 0.15) is 17.9 Å². The molecule has 0 atom stereocenters. The van der Waals surface area contributed by atoms with Crippen LogP contribution in [-0.4, -0.2) is 24.7 Å². The lowest BCUT2D eigenvalue weighted by atomic mass is 10.2. The highest BCUT2D eigenvalue weighted by molar-refractivity contribution is 5.91. The number of nitrogens with one attached hydrogen (secondary N) is 1. The van der Waals surface area contributed by atoms with E-state index in [1.54, 1.807) is 28.9 Å². The van der Waals surface area contributed by atoms with Crippen LogP contribution in [0.2, 0.25) is 0 Å². The van der Waals surface area contributed by atoms with Crippen LogP contribution in [0.15, 0.2) is 55.0 Å². The van der Waals surface area contributed by atoms with E-state index in [1.165, 1.54) is 18.5 Å². The van der Waals surface area contributed by atoms with Crippen molar-refractivity contribution >= 4 is 22.5 Å². The number of anilines is 2. The van der Waals surface area contributed by atoms with Gasteiger partial charge in [0.05, 0.1) is 5.52 Å². The van der Waals surface area contributed by atoms with Crippen molar-refractivity contribution in [3.63, 3.8) is 0 Å². The fourth-order valence-electron chi connectivity index (χ4n) is 2.37. The third kappa shape index (κ3) is 3.23. The van der Waals surface area contributed by atoms with Gasteiger partial charge in [0.15, 0.2) is 5.82 Å². The number of hydrogen-bond donors (Lipinski definition) is 1. The van der Waals surface area contributed by atoms with Crippen LogP contribution in [0.3, 0.4) is 0 Å². The zero-order valence-corrected chi connectivity index (χ0v) is 13.2. The molecule has 3 heterocycles. The van der Waals surface area contributed by atoms with Crippen molar-refractivity contribution in [2.24, 2.45) is 7.05 Å². The normalized spacial score (nSPS) is 10.8. The predicted molar refractivity (Wildman–Crippen MR) is 90.3 cm³/mol. The molecular weight excluding hydrogens is 323 g/mol. The van der Waals surface area contributed by atoms with Gasteiger partial charge in [-0.1, -0.05) is 6.07 Å². The fraction of sp³-hybridized carbons (Fsp3) is 0.0588. The van der Waals surface area contributed by atoms with Gasteiger partial charge in [0, 0.05) is 30.8 Å². The van der Waals surface area contributed by atoms with Crippen LogP contribution in [0.25, 0.3) is 10.9 Å². The summed E-state index contributed by atoms with van der Waals surface area (Å²) in [5, 5.41) is 8.18. The van der Waals surface area contributed by atoms with Gasteiger partial charge in [-0.05, 0) is 24.3 Å². The van der Waals surface area contributed by atoms with Gasteiger partial charge in [0.2, 0.25) is 11.8 Å². The highest BCUT2D eigenvalue weighted by Gasteiger charge is 2.08. The standard InChI is InChI=1S/C17H13FN6O/c1-24-8-7-15(23-24)22-17-12-9-11(5-6-13(12)19-10-20-17)25-16-4-2-3-14(18)21-16/h2-10H,1H3,(H,19,20,22,23). The lowest BCUT2D eigenvalue weighted by molar-refractivity contribution is 0.446. The van der Waals surface area contributed by atoms with Crippen molar-refractivity contribution in [3.8, 4) is 11.6 Å². The molecule has 0 saturated heterocycles. The Kier molecular flexibility index (Phi) is 3.70. The first-order chi connectivity index (χ1) is 12.2. The van der Waals surface area contributed by atoms with Crippen LogP contribution < -0.4 is 10.1 Å². The maximum atomic E-state index is 13.2. The summed E-state index contributed by atoms with van der Waals surface area (Å²) in [5.74, 6) is 1.35. The van der Waals surface area contributed by atoms with E-state index in [2.05, 4.69) is 25.4 Å². The lowest BCUT2D eigenvalue weighted by Gasteiger charge is -2.09. The number of fused-ring (bicyclic) bond motifs is 1. The molecule has 0 unspecified atom stereocenters. The first-order valence-electron chi connectivity index (χ1n) is 7.49. The molecule has 7 nitrogen and oxygen atoms in total. The molecule has 0 saturated carbocycles. The number of halogens is 1. The zero-order valence-electron chi connectivity index (χ0n) is 13.2. The van der Waals surface area contributed by atoms with Crippen molar-refractivity contribution in [1.82, 2.24) is 24.7 Å². The highest BCUT2D eigenvalue weighted by atomic mass is 19.1. The van der Waals surface area contributed by atoms with Crippen LogP contribution in [0, 0.1) is 5.95 Å². The van der Waals surface area contributed by atoms with Crippen molar-refractivity contribution in [1.29, 1.82) is 0 Å². The summed E-state index contributed by atoms with van der Waals surface area (Å²) in [6.45, 7) is 0. The Morgan fingerprint density at radius 1 is 1.12 bits per heavy atom. The average Bonchev–Trinajstić information content (AvgIpc) is 3.00. The van der Waals surface area contributed by atoms with Gasteiger partial charge in [0.25, 0.3) is 0 Å². The Morgan fingerprint density at radius 2 is 2.04 bits per heavy atom. The van der Waals surface area contributed by atoms with E-state index in [9.17, 15) is 4.39 Å². The number of aromatic nitrogens is 5. The number of hydrogen-bond acceptors (Lipinski definition) is 6. The topological polar surface area (TPSA) is 77.8 Å². The number of rotatable bonds is 4. The second-order valence-corrected chi connectivity index (χ2v) is 5.30. The van der Waals surface area contributed by atoms with Crippen LogP contribution in [-0.2, 0) is 7.05 Å². The van der Waals surface area contributed by atoms with Crippen LogP contribution in [0.4, 0.5) is 16.0 Å². The number of ether oxygens (including phenoxy) is 1. The molecule has 0 amide bonds. The molecule has 4 rings (SSSR count). The van der Waals surface area contributed by atoms with Gasteiger partial charge < -0.3 is 10.1 Å². The minimum atomic E-state index is -0.598. The van der Waals surface area contributed by atoms with E-state index in [0.717, 1.165) is 10.9 Å². The number of benzene rings is 1. The summed E-state index contributed by atoms with van der Waals surface area (Å²) in [4.78, 5) is 12.2. The molecule has 1 N–H and O–H groups in total. The summed E-state index contributed by atoms with van der Waals surface area (Å²) in [5.41, 5.74) is 0.744. The van der Waals surface area contributed by atoms with Gasteiger partial charge in [-0.25, -0.2) is 9.97 Å². The van der Waals surface area contributed by atoms with E-state index in [0.29, 0.717) is 17.4 Å². The molecule has 3 aromatic heterocycles. The minimum Gasteiger partial charge on any atom is -0.439 e. The molecule has 4 aromatic rings. The third-order valence-corrected chi connectivity index (χ3v) is 3.48. The van der Waals surface area contributed by atoms with Crippen molar-refractivity contribution < 1.29 is 9.13 Å². The molecule has 0 aliphatic rings. The van der Waals surface area contributed by atoms with Crippen LogP contribution >= 0.6 is 0 Å². The molecule has 0 spiro atoms. The van der Waals surface area contributed by atoms with E-state index in [-0.39, 0.29) is 5.88 Å². The maximum absolute atomic E-state index is 13.2. The van der Waals surface area contributed by atoms with E-state index >= 15 is 0 Å². The van der Waals surface area contributed by atoms with E-state index in [1.807, 2.05) is 19.3 Å². The van der Waals surface area contributed by atoms with Gasteiger partial charge >= 0.3 is 0 Å². The first-order valence-corrected chi connectivity index (χ1v) is 7.49. The summed E-state index contributed by atoms with van der Waals surface area (Å²) < 4.78 is 20.5. The first kappa shape index (κ1) is 15.0. The summed E-state index contributed by atoms with van der Waals surface area (Å²) in [6.07, 6.45) is 3.30. The van der Waals surface area contributed by atoms with E-state index in [4.69, 9.17) is 4.74 Å². The van der Waals surface area contributed by atoms with Crippen LogP contribution in [0.1, 0.15) is 0 Å². The summed E-state index contributed by atoms with van der Waals surface area (Å²) >= 11 is 0. The summed E-state index contributed by atoms with van der Waals surface area (Å²) in [6, 6.07) is 11.5. The van der Waals surface area contributed by atoms with Crippen molar-refractivity contribution in [2.75, 3.05) is 5.32 Å². The molecule has 0 radical (unpaired) electrons. The average molecular weight is 336 g/mol. The summed E-state index contributed by atoms with van der Waals surface area (Å²) in [7, 11) is 1.83. The van der Waals surface area contributed by atoms with Crippen molar-refractivity contribution in [2.45, 2.75) is 0 Å². The molecule has 0 bridgehead atoms. The second kappa shape index (κ2) is 6.16. The molecule has 1 aromatic carbocycles. The fourth-order valence-corrected chi connectivity index (χ4v) is 2.37. The van der Waals surface area contributed by atoms with Gasteiger partial charge in [-0.15, -0.1) is 0 Å². The Labute approximate surface area is 142 Å². The van der Waals surface area contributed by atoms with Gasteiger partial charge in [-0.2, -0.15) is 14.5 Å². The van der Waals surface area contributed by atoms with Crippen LogP contribution in [0.5, 0.6) is 11.6 Å². The third-order valence-electron chi connectivity index (χ3n) is 3.48. The number of pyridine rings is 1. The Morgan fingerprint density at radius 3 is 2.84 bits per heavy atom. The van der Waals surface area contributed by atoms with Gasteiger partial charge in [-0.3, -0.25) is 4.68 Å². The second-order valence-electron chi connectivity index (χ2n) is 5.30. The quantitative estimate of drug-likeness (QED) is 0.575.